The van der Waals surface area contributed by atoms with Crippen molar-refractivity contribution >= 4 is 11.9 Å². The Morgan fingerprint density at radius 3 is 2.67 bits per heavy atom. The summed E-state index contributed by atoms with van der Waals surface area (Å²) in [6, 6.07) is 0. The predicted molar refractivity (Wildman–Crippen MR) is 61.0 cm³/mol. The third-order valence-corrected chi connectivity index (χ3v) is 3.01. The van der Waals surface area contributed by atoms with Gasteiger partial charge in [0.1, 0.15) is 6.54 Å². The minimum atomic E-state index is -1.13. The lowest BCUT2D eigenvalue weighted by Gasteiger charge is -2.23. The van der Waals surface area contributed by atoms with Gasteiger partial charge in [0.2, 0.25) is 5.91 Å². The topological polar surface area (TPSA) is 123 Å². The largest absolute Gasteiger partial charge is 0.476 e. The van der Waals surface area contributed by atoms with Crippen molar-refractivity contribution in [3.63, 3.8) is 0 Å². The second-order valence-electron chi connectivity index (χ2n) is 4.28. The maximum atomic E-state index is 11.1. The second kappa shape index (κ2) is 5.13. The number of nitrogens with zero attached hydrogens (tertiary/aromatic N) is 3. The van der Waals surface area contributed by atoms with Gasteiger partial charge in [-0.2, -0.15) is 0 Å². The molecule has 0 atom stereocenters. The fraction of sp³-hybridized carbons (Fsp3) is 0.600. The Labute approximate surface area is 103 Å². The van der Waals surface area contributed by atoms with E-state index in [9.17, 15) is 9.59 Å². The highest BCUT2D eigenvalue weighted by Crippen LogP contribution is 2.27. The number of aromatic nitrogens is 3. The third kappa shape index (κ3) is 2.48. The average Bonchev–Trinajstić information content (AvgIpc) is 2.73. The zero-order chi connectivity index (χ0) is 13.1. The molecule has 1 saturated heterocycles. The zero-order valence-electron chi connectivity index (χ0n) is 9.80. The molecule has 1 aliphatic heterocycles. The highest BCUT2D eigenvalue weighted by Gasteiger charge is 2.28. The number of carbonyl (C=O) groups is 2. The first-order chi connectivity index (χ1) is 8.59. The van der Waals surface area contributed by atoms with Gasteiger partial charge in [0.05, 0.1) is 5.69 Å². The van der Waals surface area contributed by atoms with E-state index in [0.717, 1.165) is 25.9 Å². The van der Waals surface area contributed by atoms with Gasteiger partial charge in [0.25, 0.3) is 0 Å². The number of hydrogen-bond acceptors (Lipinski definition) is 5. The van der Waals surface area contributed by atoms with Crippen LogP contribution in [-0.2, 0) is 11.3 Å². The molecule has 1 aromatic heterocycles. The standard InChI is InChI=1S/C10H15N5O3/c11-7(16)5-15-9(6-1-3-12-4-2-6)8(10(17)18)13-14-15/h6,12H,1-5H2,(H2,11,16)(H,17,18). The van der Waals surface area contributed by atoms with Crippen LogP contribution in [0.25, 0.3) is 0 Å². The number of nitrogens with one attached hydrogen (secondary N) is 1. The van der Waals surface area contributed by atoms with E-state index < -0.39 is 11.9 Å². The van der Waals surface area contributed by atoms with Gasteiger partial charge in [0, 0.05) is 5.92 Å². The molecule has 2 heterocycles. The molecule has 0 saturated carbocycles. The molecule has 0 radical (unpaired) electrons. The third-order valence-electron chi connectivity index (χ3n) is 3.01. The fourth-order valence-corrected chi connectivity index (χ4v) is 2.24. The monoisotopic (exact) mass is 253 g/mol. The van der Waals surface area contributed by atoms with Crippen molar-refractivity contribution in [2.24, 2.45) is 5.73 Å². The van der Waals surface area contributed by atoms with Crippen LogP contribution in [0.4, 0.5) is 0 Å². The summed E-state index contributed by atoms with van der Waals surface area (Å²) in [5, 5.41) is 19.6. The van der Waals surface area contributed by atoms with Crippen molar-refractivity contribution in [2.45, 2.75) is 25.3 Å². The molecule has 1 fully saturated rings. The molecule has 4 N–H and O–H groups in total. The van der Waals surface area contributed by atoms with E-state index in [2.05, 4.69) is 15.6 Å². The van der Waals surface area contributed by atoms with Crippen LogP contribution in [0.15, 0.2) is 0 Å². The van der Waals surface area contributed by atoms with Crippen molar-refractivity contribution in [1.82, 2.24) is 20.3 Å². The summed E-state index contributed by atoms with van der Waals surface area (Å²) in [5.41, 5.74) is 5.54. The highest BCUT2D eigenvalue weighted by molar-refractivity contribution is 5.86. The van der Waals surface area contributed by atoms with Crippen molar-refractivity contribution in [3.05, 3.63) is 11.4 Å². The smallest absolute Gasteiger partial charge is 0.358 e. The summed E-state index contributed by atoms with van der Waals surface area (Å²) in [6.07, 6.45) is 1.60. The summed E-state index contributed by atoms with van der Waals surface area (Å²) in [5.74, 6) is -1.64. The van der Waals surface area contributed by atoms with E-state index in [1.807, 2.05) is 0 Å². The van der Waals surface area contributed by atoms with Gasteiger partial charge in [-0.3, -0.25) is 4.79 Å². The summed E-state index contributed by atoms with van der Waals surface area (Å²) < 4.78 is 1.31. The number of rotatable bonds is 4. The minimum absolute atomic E-state index is 0.0479. The van der Waals surface area contributed by atoms with Crippen LogP contribution >= 0.6 is 0 Å². The fourth-order valence-electron chi connectivity index (χ4n) is 2.24. The first-order valence-electron chi connectivity index (χ1n) is 5.75. The van der Waals surface area contributed by atoms with Crippen LogP contribution in [0.3, 0.4) is 0 Å². The maximum Gasteiger partial charge on any atom is 0.358 e. The molecule has 98 valence electrons. The number of carboxylic acids is 1. The summed E-state index contributed by atoms with van der Waals surface area (Å²) in [4.78, 5) is 22.1. The van der Waals surface area contributed by atoms with Gasteiger partial charge in [-0.05, 0) is 25.9 Å². The van der Waals surface area contributed by atoms with E-state index >= 15 is 0 Å². The molecule has 1 aromatic rings. The molecule has 0 aromatic carbocycles. The lowest BCUT2D eigenvalue weighted by Crippen LogP contribution is -2.30. The van der Waals surface area contributed by atoms with E-state index in [-0.39, 0.29) is 18.2 Å². The lowest BCUT2D eigenvalue weighted by atomic mass is 9.93. The average molecular weight is 253 g/mol. The number of nitrogens with two attached hydrogens (primary N) is 1. The molecule has 8 heteroatoms. The normalized spacial score (nSPS) is 16.7. The van der Waals surface area contributed by atoms with Crippen molar-refractivity contribution in [3.8, 4) is 0 Å². The Kier molecular flexibility index (Phi) is 3.56. The van der Waals surface area contributed by atoms with Crippen LogP contribution in [0.1, 0.15) is 34.9 Å². The van der Waals surface area contributed by atoms with Gasteiger partial charge < -0.3 is 16.2 Å². The first-order valence-corrected chi connectivity index (χ1v) is 5.75. The summed E-state index contributed by atoms with van der Waals surface area (Å²) in [6.45, 7) is 1.48. The number of amides is 1. The molecule has 0 unspecified atom stereocenters. The molecule has 1 amide bonds. The highest BCUT2D eigenvalue weighted by atomic mass is 16.4. The zero-order valence-corrected chi connectivity index (χ0v) is 9.80. The van der Waals surface area contributed by atoms with E-state index in [1.165, 1.54) is 4.68 Å². The quantitative estimate of drug-likeness (QED) is 0.627. The second-order valence-corrected chi connectivity index (χ2v) is 4.28. The predicted octanol–water partition coefficient (Wildman–Crippen LogP) is -1.07. The van der Waals surface area contributed by atoms with Crippen LogP contribution in [0.5, 0.6) is 0 Å². The van der Waals surface area contributed by atoms with Gasteiger partial charge in [-0.15, -0.1) is 5.10 Å². The van der Waals surface area contributed by atoms with Crippen LogP contribution in [-0.4, -0.2) is 45.1 Å². The molecule has 0 spiro atoms. The van der Waals surface area contributed by atoms with Gasteiger partial charge in [-0.25, -0.2) is 9.48 Å². The Morgan fingerprint density at radius 1 is 1.44 bits per heavy atom. The number of piperidine rings is 1. The molecular weight excluding hydrogens is 238 g/mol. The first kappa shape index (κ1) is 12.5. The molecule has 8 nitrogen and oxygen atoms in total. The van der Waals surface area contributed by atoms with Crippen molar-refractivity contribution in [2.75, 3.05) is 13.1 Å². The van der Waals surface area contributed by atoms with Crippen LogP contribution < -0.4 is 11.1 Å². The van der Waals surface area contributed by atoms with Crippen molar-refractivity contribution < 1.29 is 14.7 Å². The Morgan fingerprint density at radius 2 is 2.11 bits per heavy atom. The lowest BCUT2D eigenvalue weighted by molar-refractivity contribution is -0.118. The molecule has 18 heavy (non-hydrogen) atoms. The summed E-state index contributed by atoms with van der Waals surface area (Å²) in [7, 11) is 0. The minimum Gasteiger partial charge on any atom is -0.476 e. The maximum absolute atomic E-state index is 11.1. The number of hydrogen-bond donors (Lipinski definition) is 3. The van der Waals surface area contributed by atoms with Gasteiger partial charge in [0.15, 0.2) is 5.69 Å². The summed E-state index contributed by atoms with van der Waals surface area (Å²) >= 11 is 0. The number of primary amides is 1. The number of carbonyl (C=O) groups excluding carboxylic acids is 1. The Balaban J connectivity index is 2.35. The molecule has 0 aliphatic carbocycles. The molecule has 2 rings (SSSR count). The molecule has 0 bridgehead atoms. The Hall–Kier alpha value is -1.96. The van der Waals surface area contributed by atoms with E-state index in [0.29, 0.717) is 5.69 Å². The van der Waals surface area contributed by atoms with Crippen LogP contribution in [0, 0.1) is 0 Å². The van der Waals surface area contributed by atoms with E-state index in [1.54, 1.807) is 0 Å². The van der Waals surface area contributed by atoms with Crippen molar-refractivity contribution in [1.29, 1.82) is 0 Å². The Bertz CT molecular complexity index is 464. The number of carboxylic acid groups (broad SMARTS) is 1. The van der Waals surface area contributed by atoms with Crippen LogP contribution in [0.2, 0.25) is 0 Å². The molecule has 1 aliphatic rings. The SMILES string of the molecule is NC(=O)Cn1nnc(C(=O)O)c1C1CCNCC1. The van der Waals surface area contributed by atoms with Gasteiger partial charge in [-0.1, -0.05) is 5.21 Å². The molecular formula is C10H15N5O3. The number of aromatic carboxylic acids is 1. The van der Waals surface area contributed by atoms with Gasteiger partial charge >= 0.3 is 5.97 Å². The van der Waals surface area contributed by atoms with E-state index in [4.69, 9.17) is 10.8 Å².